The third-order valence-electron chi connectivity index (χ3n) is 2.33. The van der Waals surface area contributed by atoms with Crippen LogP contribution in [0.4, 0.5) is 5.82 Å². The predicted octanol–water partition coefficient (Wildman–Crippen LogP) is 2.29. The van der Waals surface area contributed by atoms with Crippen LogP contribution in [-0.4, -0.2) is 18.6 Å². The summed E-state index contributed by atoms with van der Waals surface area (Å²) >= 11 is 0. The summed E-state index contributed by atoms with van der Waals surface area (Å²) in [5.41, 5.74) is 0. The lowest BCUT2D eigenvalue weighted by molar-refractivity contribution is 0.415. The van der Waals surface area contributed by atoms with Gasteiger partial charge in [0, 0.05) is 11.6 Å². The standard InChI is InChI=1S/C13H12N2O/c1-3-7-14-13-12-5-4-11(16-2)9-10(12)6-8-15-13/h1,4-6,8-9H,7H2,2H3,(H,14,15). The molecule has 0 radical (unpaired) electrons. The van der Waals surface area contributed by atoms with E-state index in [1.165, 1.54) is 0 Å². The highest BCUT2D eigenvalue weighted by atomic mass is 16.5. The first-order valence-electron chi connectivity index (χ1n) is 4.95. The first-order chi connectivity index (χ1) is 7.85. The van der Waals surface area contributed by atoms with Gasteiger partial charge >= 0.3 is 0 Å². The fraction of sp³-hybridized carbons (Fsp3) is 0.154. The molecule has 0 spiro atoms. The van der Waals surface area contributed by atoms with E-state index in [0.717, 1.165) is 22.3 Å². The fourth-order valence-electron chi connectivity index (χ4n) is 1.56. The number of terminal acetylenes is 1. The van der Waals surface area contributed by atoms with Gasteiger partial charge in [-0.1, -0.05) is 5.92 Å². The molecule has 1 heterocycles. The van der Waals surface area contributed by atoms with Crippen LogP contribution in [0.15, 0.2) is 30.5 Å². The first kappa shape index (κ1) is 10.3. The SMILES string of the molecule is C#CCNc1nccc2cc(OC)ccc12. The molecule has 0 fully saturated rings. The maximum Gasteiger partial charge on any atom is 0.134 e. The average molecular weight is 212 g/mol. The third-order valence-corrected chi connectivity index (χ3v) is 2.33. The molecular weight excluding hydrogens is 200 g/mol. The highest BCUT2D eigenvalue weighted by Gasteiger charge is 2.02. The zero-order chi connectivity index (χ0) is 11.4. The van der Waals surface area contributed by atoms with Crippen molar-refractivity contribution in [2.45, 2.75) is 0 Å². The molecule has 0 aliphatic rings. The lowest BCUT2D eigenvalue weighted by Gasteiger charge is -2.07. The second kappa shape index (κ2) is 4.54. The fourth-order valence-corrected chi connectivity index (χ4v) is 1.56. The lowest BCUT2D eigenvalue weighted by atomic mass is 10.1. The Morgan fingerprint density at radius 2 is 2.31 bits per heavy atom. The van der Waals surface area contributed by atoms with Gasteiger partial charge in [0.15, 0.2) is 0 Å². The zero-order valence-electron chi connectivity index (χ0n) is 9.03. The molecule has 16 heavy (non-hydrogen) atoms. The van der Waals surface area contributed by atoms with Crippen LogP contribution in [0.5, 0.6) is 5.75 Å². The predicted molar refractivity (Wildman–Crippen MR) is 65.6 cm³/mol. The molecule has 2 aromatic rings. The minimum Gasteiger partial charge on any atom is -0.497 e. The largest absolute Gasteiger partial charge is 0.497 e. The number of ether oxygens (including phenoxy) is 1. The Morgan fingerprint density at radius 3 is 3.06 bits per heavy atom. The molecule has 80 valence electrons. The number of aromatic nitrogens is 1. The van der Waals surface area contributed by atoms with Crippen LogP contribution < -0.4 is 10.1 Å². The minimum absolute atomic E-state index is 0.470. The molecule has 3 heteroatoms. The summed E-state index contributed by atoms with van der Waals surface area (Å²) in [5.74, 6) is 4.17. The number of pyridine rings is 1. The molecule has 0 unspecified atom stereocenters. The number of methoxy groups -OCH3 is 1. The maximum atomic E-state index is 5.21. The summed E-state index contributed by atoms with van der Waals surface area (Å²) in [5, 5.41) is 5.20. The van der Waals surface area contributed by atoms with Crippen LogP contribution in [0.25, 0.3) is 10.8 Å². The van der Waals surface area contributed by atoms with E-state index in [1.807, 2.05) is 24.3 Å². The molecule has 0 atom stereocenters. The second-order valence-corrected chi connectivity index (χ2v) is 3.30. The van der Waals surface area contributed by atoms with Crippen molar-refractivity contribution in [2.75, 3.05) is 19.0 Å². The third kappa shape index (κ3) is 1.91. The molecule has 3 nitrogen and oxygen atoms in total. The maximum absolute atomic E-state index is 5.21. The number of benzene rings is 1. The Balaban J connectivity index is 2.48. The molecule has 1 N–H and O–H groups in total. The Hall–Kier alpha value is -2.21. The number of rotatable bonds is 3. The molecule has 1 aromatic heterocycles. The zero-order valence-corrected chi connectivity index (χ0v) is 9.03. The van der Waals surface area contributed by atoms with Crippen molar-refractivity contribution < 1.29 is 4.74 Å². The second-order valence-electron chi connectivity index (χ2n) is 3.30. The van der Waals surface area contributed by atoms with Crippen molar-refractivity contribution >= 4 is 16.6 Å². The Labute approximate surface area is 94.5 Å². The van der Waals surface area contributed by atoms with Crippen molar-refractivity contribution in [3.63, 3.8) is 0 Å². The van der Waals surface area contributed by atoms with Gasteiger partial charge in [-0.25, -0.2) is 4.98 Å². The van der Waals surface area contributed by atoms with Gasteiger partial charge < -0.3 is 10.1 Å². The Kier molecular flexibility index (Phi) is 2.93. The minimum atomic E-state index is 0.470. The van der Waals surface area contributed by atoms with E-state index >= 15 is 0 Å². The molecule has 0 saturated carbocycles. The van der Waals surface area contributed by atoms with Gasteiger partial charge in [0.25, 0.3) is 0 Å². The number of fused-ring (bicyclic) bond motifs is 1. The Morgan fingerprint density at radius 1 is 1.44 bits per heavy atom. The van der Waals surface area contributed by atoms with Gasteiger partial charge in [-0.05, 0) is 29.7 Å². The lowest BCUT2D eigenvalue weighted by Crippen LogP contribution is -2.01. The van der Waals surface area contributed by atoms with Crippen molar-refractivity contribution in [1.82, 2.24) is 4.98 Å². The number of hydrogen-bond donors (Lipinski definition) is 1. The van der Waals surface area contributed by atoms with Crippen LogP contribution in [0.3, 0.4) is 0 Å². The molecule has 0 saturated heterocycles. The molecule has 0 aliphatic carbocycles. The van der Waals surface area contributed by atoms with Gasteiger partial charge in [-0.2, -0.15) is 0 Å². The molecule has 0 amide bonds. The van der Waals surface area contributed by atoms with Crippen molar-refractivity contribution in [1.29, 1.82) is 0 Å². The molecule has 0 aliphatic heterocycles. The van der Waals surface area contributed by atoms with E-state index in [9.17, 15) is 0 Å². The van der Waals surface area contributed by atoms with E-state index in [0.29, 0.717) is 6.54 Å². The monoisotopic (exact) mass is 212 g/mol. The number of anilines is 1. The number of hydrogen-bond acceptors (Lipinski definition) is 3. The highest BCUT2D eigenvalue weighted by Crippen LogP contribution is 2.24. The molecule has 2 rings (SSSR count). The van der Waals surface area contributed by atoms with E-state index in [1.54, 1.807) is 13.3 Å². The highest BCUT2D eigenvalue weighted by molar-refractivity contribution is 5.92. The normalized spacial score (nSPS) is 9.75. The van der Waals surface area contributed by atoms with Gasteiger partial charge in [0.1, 0.15) is 11.6 Å². The summed E-state index contributed by atoms with van der Waals surface area (Å²) in [6.45, 7) is 0.470. The van der Waals surface area contributed by atoms with Crippen LogP contribution >= 0.6 is 0 Å². The number of nitrogens with one attached hydrogen (secondary N) is 1. The quantitative estimate of drug-likeness (QED) is 0.792. The first-order valence-corrected chi connectivity index (χ1v) is 4.95. The van der Waals surface area contributed by atoms with Crippen molar-refractivity contribution in [2.24, 2.45) is 0 Å². The molecule has 0 bridgehead atoms. The topological polar surface area (TPSA) is 34.2 Å². The van der Waals surface area contributed by atoms with Crippen LogP contribution in [-0.2, 0) is 0 Å². The molecular formula is C13H12N2O. The van der Waals surface area contributed by atoms with E-state index < -0.39 is 0 Å². The van der Waals surface area contributed by atoms with Gasteiger partial charge in [0.2, 0.25) is 0 Å². The van der Waals surface area contributed by atoms with Crippen LogP contribution in [0.1, 0.15) is 0 Å². The summed E-state index contributed by atoms with van der Waals surface area (Å²) in [4.78, 5) is 4.25. The molecule has 1 aromatic carbocycles. The van der Waals surface area contributed by atoms with E-state index in [-0.39, 0.29) is 0 Å². The van der Waals surface area contributed by atoms with Crippen molar-refractivity contribution in [3.8, 4) is 18.1 Å². The Bertz CT molecular complexity index is 543. The van der Waals surface area contributed by atoms with E-state index in [2.05, 4.69) is 16.2 Å². The smallest absolute Gasteiger partial charge is 0.134 e. The number of nitrogens with zero attached hydrogens (tertiary/aromatic N) is 1. The van der Waals surface area contributed by atoms with Gasteiger partial charge in [-0.15, -0.1) is 6.42 Å². The van der Waals surface area contributed by atoms with Gasteiger partial charge in [-0.3, -0.25) is 0 Å². The summed E-state index contributed by atoms with van der Waals surface area (Å²) in [7, 11) is 1.65. The van der Waals surface area contributed by atoms with Crippen LogP contribution in [0.2, 0.25) is 0 Å². The average Bonchev–Trinajstić information content (AvgIpc) is 2.35. The van der Waals surface area contributed by atoms with E-state index in [4.69, 9.17) is 11.2 Å². The summed E-state index contributed by atoms with van der Waals surface area (Å²) in [6, 6.07) is 7.79. The van der Waals surface area contributed by atoms with Crippen LogP contribution in [0, 0.1) is 12.3 Å². The summed E-state index contributed by atoms with van der Waals surface area (Å²) < 4.78 is 5.17. The van der Waals surface area contributed by atoms with Crippen molar-refractivity contribution in [3.05, 3.63) is 30.5 Å². The summed E-state index contributed by atoms with van der Waals surface area (Å²) in [6.07, 6.45) is 6.96. The van der Waals surface area contributed by atoms with Gasteiger partial charge in [0.05, 0.1) is 13.7 Å².